The molecule has 0 saturated heterocycles. The second kappa shape index (κ2) is 6.01. The Hall–Kier alpha value is -1.87. The van der Waals surface area contributed by atoms with Gasteiger partial charge in [0.25, 0.3) is 0 Å². The predicted octanol–water partition coefficient (Wildman–Crippen LogP) is 2.19. The van der Waals surface area contributed by atoms with E-state index < -0.39 is 0 Å². The van der Waals surface area contributed by atoms with E-state index in [0.717, 1.165) is 18.7 Å². The summed E-state index contributed by atoms with van der Waals surface area (Å²) in [5.41, 5.74) is 9.12. The smallest absolute Gasteiger partial charge is 0.0416 e. The second-order valence-corrected chi connectivity index (χ2v) is 3.95. The molecule has 0 amide bonds. The molecule has 0 aliphatic heterocycles. The first-order chi connectivity index (χ1) is 8.38. The zero-order valence-corrected chi connectivity index (χ0v) is 9.76. The number of hydrogen-bond donors (Lipinski definition) is 2. The van der Waals surface area contributed by atoms with Crippen LogP contribution in [0.4, 0.5) is 5.69 Å². The summed E-state index contributed by atoms with van der Waals surface area (Å²) in [5.74, 6) is 0. The number of nitrogens with two attached hydrogens (primary N) is 1. The van der Waals surface area contributed by atoms with Gasteiger partial charge in [-0.1, -0.05) is 18.2 Å². The average Bonchev–Trinajstić information content (AvgIpc) is 2.39. The molecule has 0 radical (unpaired) electrons. The van der Waals surface area contributed by atoms with Crippen LogP contribution in [0, 0.1) is 0 Å². The third-order valence-electron chi connectivity index (χ3n) is 2.58. The van der Waals surface area contributed by atoms with Crippen molar-refractivity contribution < 1.29 is 0 Å². The topological polar surface area (TPSA) is 50.9 Å². The minimum atomic E-state index is 0.687. The number of aromatic nitrogens is 1. The minimum Gasteiger partial charge on any atom is -0.381 e. The third-order valence-corrected chi connectivity index (χ3v) is 2.58. The van der Waals surface area contributed by atoms with Crippen molar-refractivity contribution in [1.29, 1.82) is 0 Å². The average molecular weight is 227 g/mol. The van der Waals surface area contributed by atoms with Crippen molar-refractivity contribution in [2.75, 3.05) is 11.9 Å². The summed E-state index contributed by atoms with van der Waals surface area (Å²) in [6.45, 7) is 1.48. The zero-order valence-electron chi connectivity index (χ0n) is 9.76. The Kier molecular flexibility index (Phi) is 4.11. The molecule has 3 heteroatoms. The van der Waals surface area contributed by atoms with Gasteiger partial charge < -0.3 is 11.1 Å². The van der Waals surface area contributed by atoms with Crippen LogP contribution in [0.2, 0.25) is 0 Å². The third kappa shape index (κ3) is 3.57. The minimum absolute atomic E-state index is 0.687. The summed E-state index contributed by atoms with van der Waals surface area (Å²) in [6.07, 6.45) is 4.57. The molecule has 0 aliphatic carbocycles. The van der Waals surface area contributed by atoms with Gasteiger partial charge in [0.2, 0.25) is 0 Å². The first-order valence-corrected chi connectivity index (χ1v) is 5.80. The molecule has 88 valence electrons. The van der Waals surface area contributed by atoms with Crippen LogP contribution in [-0.2, 0) is 13.0 Å². The van der Waals surface area contributed by atoms with Crippen LogP contribution in [-0.4, -0.2) is 11.5 Å². The number of rotatable bonds is 5. The highest BCUT2D eigenvalue weighted by Gasteiger charge is 1.96. The lowest BCUT2D eigenvalue weighted by atomic mass is 10.1. The number of nitrogens with one attached hydrogen (secondary N) is 1. The van der Waals surface area contributed by atoms with Gasteiger partial charge in [0.05, 0.1) is 0 Å². The molecule has 2 aromatic rings. The molecule has 0 unspecified atom stereocenters. The highest BCUT2D eigenvalue weighted by Crippen LogP contribution is 2.12. The van der Waals surface area contributed by atoms with E-state index >= 15 is 0 Å². The van der Waals surface area contributed by atoms with E-state index in [4.69, 9.17) is 5.73 Å². The molecule has 1 aromatic carbocycles. The summed E-state index contributed by atoms with van der Waals surface area (Å²) in [7, 11) is 0. The monoisotopic (exact) mass is 227 g/mol. The highest BCUT2D eigenvalue weighted by molar-refractivity contribution is 5.46. The lowest BCUT2D eigenvalue weighted by Gasteiger charge is -2.07. The van der Waals surface area contributed by atoms with Crippen LogP contribution in [0.15, 0.2) is 48.8 Å². The Morgan fingerprint density at radius 3 is 2.76 bits per heavy atom. The molecular weight excluding hydrogens is 210 g/mol. The molecule has 3 N–H and O–H groups in total. The van der Waals surface area contributed by atoms with Crippen LogP contribution in [0.1, 0.15) is 11.1 Å². The number of hydrogen-bond acceptors (Lipinski definition) is 3. The molecule has 1 heterocycles. The zero-order chi connectivity index (χ0) is 11.9. The van der Waals surface area contributed by atoms with Gasteiger partial charge >= 0.3 is 0 Å². The fourth-order valence-corrected chi connectivity index (χ4v) is 1.71. The summed E-state index contributed by atoms with van der Waals surface area (Å²) in [4.78, 5) is 4.09. The summed E-state index contributed by atoms with van der Waals surface area (Å²) >= 11 is 0. The van der Waals surface area contributed by atoms with Gasteiger partial charge in [0.1, 0.15) is 0 Å². The molecule has 0 bridgehead atoms. The fourth-order valence-electron chi connectivity index (χ4n) is 1.71. The molecule has 0 spiro atoms. The van der Waals surface area contributed by atoms with Crippen LogP contribution in [0.5, 0.6) is 0 Å². The fraction of sp³-hybridized carbons (Fsp3) is 0.214. The van der Waals surface area contributed by atoms with E-state index in [0.29, 0.717) is 6.54 Å². The van der Waals surface area contributed by atoms with E-state index in [9.17, 15) is 0 Å². The van der Waals surface area contributed by atoms with Gasteiger partial charge in [0.15, 0.2) is 0 Å². The first kappa shape index (κ1) is 11.6. The molecule has 0 saturated carbocycles. The normalized spacial score (nSPS) is 10.2. The Morgan fingerprint density at radius 1 is 1.12 bits per heavy atom. The van der Waals surface area contributed by atoms with Crippen LogP contribution in [0.25, 0.3) is 0 Å². The molecular formula is C14H17N3. The van der Waals surface area contributed by atoms with Gasteiger partial charge in [-0.25, -0.2) is 0 Å². The maximum atomic E-state index is 5.55. The number of benzene rings is 1. The van der Waals surface area contributed by atoms with E-state index in [1.165, 1.54) is 11.1 Å². The van der Waals surface area contributed by atoms with E-state index in [-0.39, 0.29) is 0 Å². The van der Waals surface area contributed by atoms with Crippen molar-refractivity contribution in [3.63, 3.8) is 0 Å². The van der Waals surface area contributed by atoms with Crippen molar-refractivity contribution >= 4 is 5.69 Å². The maximum absolute atomic E-state index is 5.55. The summed E-state index contributed by atoms with van der Waals surface area (Å²) in [6, 6.07) is 12.4. The number of anilines is 1. The second-order valence-electron chi connectivity index (χ2n) is 3.95. The molecule has 0 atom stereocenters. The van der Waals surface area contributed by atoms with Gasteiger partial charge in [-0.05, 0) is 42.3 Å². The van der Waals surface area contributed by atoms with Gasteiger partial charge in [0, 0.05) is 24.6 Å². The Bertz CT molecular complexity index is 454. The largest absolute Gasteiger partial charge is 0.381 e. The van der Waals surface area contributed by atoms with Crippen molar-refractivity contribution in [2.24, 2.45) is 5.73 Å². The Morgan fingerprint density at radius 2 is 2.00 bits per heavy atom. The maximum Gasteiger partial charge on any atom is 0.0416 e. The van der Waals surface area contributed by atoms with E-state index in [1.807, 2.05) is 12.3 Å². The van der Waals surface area contributed by atoms with Crippen molar-refractivity contribution in [1.82, 2.24) is 4.98 Å². The van der Waals surface area contributed by atoms with Crippen LogP contribution in [0.3, 0.4) is 0 Å². The Labute approximate surface area is 102 Å². The van der Waals surface area contributed by atoms with Gasteiger partial charge in [-0.2, -0.15) is 0 Å². The van der Waals surface area contributed by atoms with Crippen molar-refractivity contribution in [2.45, 2.75) is 13.0 Å². The predicted molar refractivity (Wildman–Crippen MR) is 70.8 cm³/mol. The van der Waals surface area contributed by atoms with E-state index in [2.05, 4.69) is 40.6 Å². The summed E-state index contributed by atoms with van der Waals surface area (Å²) in [5, 5.41) is 3.38. The lowest BCUT2D eigenvalue weighted by Crippen LogP contribution is -2.04. The first-order valence-electron chi connectivity index (χ1n) is 5.80. The van der Waals surface area contributed by atoms with E-state index in [1.54, 1.807) is 6.20 Å². The lowest BCUT2D eigenvalue weighted by molar-refractivity contribution is 0.968. The van der Waals surface area contributed by atoms with Gasteiger partial charge in [-0.15, -0.1) is 0 Å². The van der Waals surface area contributed by atoms with Crippen LogP contribution < -0.4 is 11.1 Å². The summed E-state index contributed by atoms with van der Waals surface area (Å²) < 4.78 is 0. The number of pyridine rings is 1. The standard InChI is InChI=1S/C14H17N3/c15-7-6-12-3-1-5-14(9-12)17-11-13-4-2-8-16-10-13/h1-5,8-10,17H,6-7,11,15H2. The highest BCUT2D eigenvalue weighted by atomic mass is 14.9. The number of nitrogens with zero attached hydrogens (tertiary/aromatic N) is 1. The SMILES string of the molecule is NCCc1cccc(NCc2cccnc2)c1. The molecule has 3 nitrogen and oxygen atoms in total. The Balaban J connectivity index is 1.97. The van der Waals surface area contributed by atoms with Crippen LogP contribution >= 0.6 is 0 Å². The van der Waals surface area contributed by atoms with Gasteiger partial charge in [-0.3, -0.25) is 4.98 Å². The van der Waals surface area contributed by atoms with Crippen molar-refractivity contribution in [3.05, 3.63) is 59.9 Å². The van der Waals surface area contributed by atoms with Crippen molar-refractivity contribution in [3.8, 4) is 0 Å². The molecule has 0 fully saturated rings. The quantitative estimate of drug-likeness (QED) is 0.823. The molecule has 17 heavy (non-hydrogen) atoms. The molecule has 2 rings (SSSR count). The molecule has 1 aromatic heterocycles. The molecule has 0 aliphatic rings.